The second kappa shape index (κ2) is 5.65. The molecule has 21 heavy (non-hydrogen) atoms. The molecule has 104 valence electrons. The van der Waals surface area contributed by atoms with Crippen LogP contribution in [0.5, 0.6) is 11.5 Å². The third kappa shape index (κ3) is 2.45. The van der Waals surface area contributed by atoms with Gasteiger partial charge >= 0.3 is 0 Å². The molecule has 1 aliphatic heterocycles. The molecule has 0 amide bonds. The molecule has 0 N–H and O–H groups in total. The Balaban J connectivity index is 2.01. The van der Waals surface area contributed by atoms with E-state index in [1.54, 1.807) is 14.2 Å². The minimum absolute atomic E-state index is 0.737. The summed E-state index contributed by atoms with van der Waals surface area (Å²) >= 11 is 0. The summed E-state index contributed by atoms with van der Waals surface area (Å²) in [6.45, 7) is 0. The summed E-state index contributed by atoms with van der Waals surface area (Å²) in [7, 11) is 3.28. The van der Waals surface area contributed by atoms with Crippen molar-refractivity contribution < 1.29 is 9.47 Å². The number of benzene rings is 2. The van der Waals surface area contributed by atoms with Crippen molar-refractivity contribution >= 4 is 17.6 Å². The number of hydrogen-bond donors (Lipinski definition) is 0. The van der Waals surface area contributed by atoms with Gasteiger partial charge in [0, 0.05) is 11.2 Å². The average molecular weight is 279 g/mol. The first-order valence-corrected chi connectivity index (χ1v) is 6.57. The lowest BCUT2D eigenvalue weighted by Gasteiger charge is -2.13. The Morgan fingerprint density at radius 3 is 2.52 bits per heavy atom. The predicted molar refractivity (Wildman–Crippen MR) is 83.9 cm³/mol. The molecule has 0 saturated heterocycles. The van der Waals surface area contributed by atoms with Crippen LogP contribution in [0.2, 0.25) is 0 Å². The molecule has 4 nitrogen and oxygen atoms in total. The van der Waals surface area contributed by atoms with Crippen molar-refractivity contribution in [3.8, 4) is 11.5 Å². The molecular weight excluding hydrogens is 264 g/mol. The van der Waals surface area contributed by atoms with Gasteiger partial charge in [0.05, 0.1) is 19.9 Å². The van der Waals surface area contributed by atoms with Crippen LogP contribution >= 0.6 is 0 Å². The Hall–Kier alpha value is -2.84. The van der Waals surface area contributed by atoms with E-state index < -0.39 is 0 Å². The maximum Gasteiger partial charge on any atom is 0.243 e. The minimum Gasteiger partial charge on any atom is -0.497 e. The first-order valence-electron chi connectivity index (χ1n) is 6.57. The third-order valence-corrected chi connectivity index (χ3v) is 3.27. The van der Waals surface area contributed by atoms with Gasteiger partial charge in [-0.15, -0.1) is 5.01 Å². The average Bonchev–Trinajstić information content (AvgIpc) is 3.04. The molecule has 0 aromatic heterocycles. The standard InChI is InChI=1S/C17H15N2O2/c1-20-14-8-9-15(17(12-14)21-2)16-10-11-18-19(16)13-6-4-3-5-7-13/h3-10,12H,1-2H3/q+1. The van der Waals surface area contributed by atoms with Crippen LogP contribution in [0.15, 0.2) is 59.7 Å². The Morgan fingerprint density at radius 1 is 1.00 bits per heavy atom. The molecule has 0 fully saturated rings. The maximum absolute atomic E-state index is 5.47. The summed E-state index contributed by atoms with van der Waals surface area (Å²) in [6, 6.07) is 15.7. The maximum atomic E-state index is 5.47. The Labute approximate surface area is 123 Å². The Kier molecular flexibility index (Phi) is 3.54. The van der Waals surface area contributed by atoms with Gasteiger partial charge in [-0.1, -0.05) is 18.2 Å². The number of nitrogens with zero attached hydrogens (tertiary/aromatic N) is 2. The SMILES string of the molecule is COc1ccc(C2=C[C+]=NN2c2ccccc2)c(OC)c1. The lowest BCUT2D eigenvalue weighted by atomic mass is 10.1. The van der Waals surface area contributed by atoms with Crippen molar-refractivity contribution in [1.29, 1.82) is 0 Å². The van der Waals surface area contributed by atoms with E-state index >= 15 is 0 Å². The third-order valence-electron chi connectivity index (χ3n) is 3.27. The van der Waals surface area contributed by atoms with E-state index in [-0.39, 0.29) is 0 Å². The van der Waals surface area contributed by atoms with E-state index in [1.165, 1.54) is 0 Å². The zero-order valence-corrected chi connectivity index (χ0v) is 11.9. The van der Waals surface area contributed by atoms with Crippen LogP contribution in [0.25, 0.3) is 5.70 Å². The first-order chi connectivity index (χ1) is 10.3. The molecule has 0 saturated carbocycles. The Morgan fingerprint density at radius 2 is 1.81 bits per heavy atom. The zero-order valence-electron chi connectivity index (χ0n) is 11.9. The largest absolute Gasteiger partial charge is 0.497 e. The first kappa shape index (κ1) is 13.2. The highest BCUT2D eigenvalue weighted by Gasteiger charge is 2.29. The topological polar surface area (TPSA) is 34.1 Å². The fourth-order valence-corrected chi connectivity index (χ4v) is 2.23. The smallest absolute Gasteiger partial charge is 0.243 e. The van der Waals surface area contributed by atoms with Crippen LogP contribution < -0.4 is 14.5 Å². The van der Waals surface area contributed by atoms with Gasteiger partial charge in [0.25, 0.3) is 0 Å². The molecular formula is C17H15N2O2+. The molecule has 4 heteroatoms. The van der Waals surface area contributed by atoms with Crippen molar-refractivity contribution in [3.05, 3.63) is 60.2 Å². The lowest BCUT2D eigenvalue weighted by Crippen LogP contribution is -2.11. The zero-order chi connectivity index (χ0) is 14.7. The normalized spacial score (nSPS) is 12.9. The van der Waals surface area contributed by atoms with Crippen molar-refractivity contribution in [3.63, 3.8) is 0 Å². The molecule has 0 spiro atoms. The summed E-state index contributed by atoms with van der Waals surface area (Å²) < 4.78 is 10.7. The number of allylic oxidation sites excluding steroid dienone is 1. The summed E-state index contributed by atoms with van der Waals surface area (Å²) in [4.78, 5) is 0. The summed E-state index contributed by atoms with van der Waals surface area (Å²) in [5.74, 6) is 1.49. The van der Waals surface area contributed by atoms with Crippen molar-refractivity contribution in [2.24, 2.45) is 5.10 Å². The van der Waals surface area contributed by atoms with Gasteiger partial charge in [-0.25, -0.2) is 0 Å². The van der Waals surface area contributed by atoms with Crippen LogP contribution in [-0.2, 0) is 0 Å². The molecule has 0 aliphatic carbocycles. The second-order valence-electron chi connectivity index (χ2n) is 4.47. The van der Waals surface area contributed by atoms with E-state index in [0.717, 1.165) is 28.4 Å². The number of methoxy groups -OCH3 is 2. The van der Waals surface area contributed by atoms with Crippen LogP contribution in [0.3, 0.4) is 0 Å². The van der Waals surface area contributed by atoms with E-state index in [2.05, 4.69) is 11.3 Å². The van der Waals surface area contributed by atoms with Crippen molar-refractivity contribution in [2.75, 3.05) is 19.2 Å². The molecule has 0 unspecified atom stereocenters. The van der Waals surface area contributed by atoms with E-state index in [4.69, 9.17) is 9.47 Å². The molecule has 2 aromatic rings. The number of para-hydroxylation sites is 1. The molecule has 2 aromatic carbocycles. The van der Waals surface area contributed by atoms with Crippen LogP contribution in [-0.4, -0.2) is 20.4 Å². The summed E-state index contributed by atoms with van der Waals surface area (Å²) in [6.07, 6.45) is 4.75. The molecule has 0 radical (unpaired) electrons. The highest BCUT2D eigenvalue weighted by molar-refractivity contribution is 5.96. The molecule has 3 rings (SSSR count). The number of rotatable bonds is 4. The Bertz CT molecular complexity index is 693. The summed E-state index contributed by atoms with van der Waals surface area (Å²) in [5, 5.41) is 6.12. The van der Waals surface area contributed by atoms with E-state index in [1.807, 2.05) is 59.6 Å². The van der Waals surface area contributed by atoms with E-state index in [9.17, 15) is 0 Å². The van der Waals surface area contributed by atoms with Gasteiger partial charge in [-0.05, 0) is 24.3 Å². The quantitative estimate of drug-likeness (QED) is 0.804. The lowest BCUT2D eigenvalue weighted by molar-refractivity contribution is 0.393. The van der Waals surface area contributed by atoms with Gasteiger partial charge in [-0.2, -0.15) is 0 Å². The van der Waals surface area contributed by atoms with Crippen molar-refractivity contribution in [2.45, 2.75) is 0 Å². The minimum atomic E-state index is 0.737. The molecule has 1 aliphatic rings. The number of ether oxygens (including phenoxy) is 2. The monoisotopic (exact) mass is 279 g/mol. The van der Waals surface area contributed by atoms with Gasteiger partial charge in [0.15, 0.2) is 5.75 Å². The van der Waals surface area contributed by atoms with Gasteiger partial charge < -0.3 is 9.47 Å². The fraction of sp³-hybridized carbons (Fsp3) is 0.118. The molecule has 1 heterocycles. The highest BCUT2D eigenvalue weighted by atomic mass is 16.5. The van der Waals surface area contributed by atoms with Gasteiger partial charge in [-0.3, -0.25) is 0 Å². The highest BCUT2D eigenvalue weighted by Crippen LogP contribution is 2.35. The predicted octanol–water partition coefficient (Wildman–Crippen LogP) is 3.43. The second-order valence-corrected chi connectivity index (χ2v) is 4.47. The van der Waals surface area contributed by atoms with Gasteiger partial charge in [0.1, 0.15) is 11.3 Å². The number of anilines is 1. The number of hydrazone groups is 1. The van der Waals surface area contributed by atoms with E-state index in [0.29, 0.717) is 0 Å². The van der Waals surface area contributed by atoms with Crippen LogP contribution in [0.1, 0.15) is 5.56 Å². The fourth-order valence-electron chi connectivity index (χ4n) is 2.23. The molecule has 0 bridgehead atoms. The van der Waals surface area contributed by atoms with Crippen molar-refractivity contribution in [1.82, 2.24) is 0 Å². The van der Waals surface area contributed by atoms with Crippen LogP contribution in [0, 0.1) is 0 Å². The number of hydrogen-bond acceptors (Lipinski definition) is 4. The van der Waals surface area contributed by atoms with Crippen LogP contribution in [0.4, 0.5) is 5.69 Å². The van der Waals surface area contributed by atoms with Gasteiger partial charge in [0.2, 0.25) is 18.0 Å². The molecule has 0 atom stereocenters. The summed E-state index contributed by atoms with van der Waals surface area (Å²) in [5.41, 5.74) is 2.84.